The number of aliphatic hydroxyl groups excluding tert-OH is 4. The molecule has 0 unspecified atom stereocenters. The number of hydrogen-bond acceptors (Lipinski definition) is 7. The van der Waals surface area contributed by atoms with Gasteiger partial charge in [0.15, 0.2) is 0 Å². The van der Waals surface area contributed by atoms with E-state index in [1.165, 1.54) is 0 Å². The molecular formula is C20H22ClNO7. The first-order valence-corrected chi connectivity index (χ1v) is 9.32. The summed E-state index contributed by atoms with van der Waals surface area (Å²) in [6.07, 6.45) is -6.96. The number of carbonyl (C=O) groups is 1. The number of halogens is 1. The molecule has 0 spiro atoms. The zero-order chi connectivity index (χ0) is 21.1. The Hall–Kier alpha value is -2.20. The van der Waals surface area contributed by atoms with Crippen LogP contribution in [0.2, 0.25) is 5.02 Å². The predicted octanol–water partition coefficient (Wildman–Crippen LogP) is 0.545. The van der Waals surface area contributed by atoms with Crippen LogP contribution in [0.3, 0.4) is 0 Å². The highest BCUT2D eigenvalue weighted by Gasteiger charge is 2.44. The number of amides is 1. The van der Waals surface area contributed by atoms with E-state index in [1.807, 2.05) is 6.07 Å². The Morgan fingerprint density at radius 3 is 2.48 bits per heavy atom. The molecule has 5 atom stereocenters. The molecule has 1 heterocycles. The minimum absolute atomic E-state index is 0.183. The van der Waals surface area contributed by atoms with Crippen molar-refractivity contribution in [3.63, 3.8) is 0 Å². The molecule has 0 bridgehead atoms. The highest BCUT2D eigenvalue weighted by Crippen LogP contribution is 2.33. The van der Waals surface area contributed by atoms with Gasteiger partial charge in [-0.1, -0.05) is 29.8 Å². The van der Waals surface area contributed by atoms with E-state index in [4.69, 9.17) is 21.1 Å². The highest BCUT2D eigenvalue weighted by molar-refractivity contribution is 6.32. The maximum atomic E-state index is 11.8. The molecule has 0 radical (unpaired) electrons. The van der Waals surface area contributed by atoms with Crippen molar-refractivity contribution in [1.82, 2.24) is 5.32 Å². The summed E-state index contributed by atoms with van der Waals surface area (Å²) in [4.78, 5) is 11.8. The van der Waals surface area contributed by atoms with E-state index in [9.17, 15) is 25.2 Å². The van der Waals surface area contributed by atoms with Gasteiger partial charge in [-0.15, -0.1) is 0 Å². The SMILES string of the molecule is CNC(=O)c1cccc(-c2ccc(O[C@H]3O[C@H](CO)[C@@H](O)[C@@H](O)[C@H]3O)c(Cl)c2)c1. The van der Waals surface area contributed by atoms with Gasteiger partial charge in [-0.05, 0) is 35.4 Å². The zero-order valence-electron chi connectivity index (χ0n) is 15.5. The van der Waals surface area contributed by atoms with Gasteiger partial charge in [-0.2, -0.15) is 0 Å². The van der Waals surface area contributed by atoms with Crippen molar-refractivity contribution < 1.29 is 34.7 Å². The van der Waals surface area contributed by atoms with Gasteiger partial charge in [0.05, 0.1) is 11.6 Å². The largest absolute Gasteiger partial charge is 0.460 e. The van der Waals surface area contributed by atoms with Gasteiger partial charge in [0.25, 0.3) is 5.91 Å². The first kappa shape index (κ1) is 21.5. The number of nitrogens with one attached hydrogen (secondary N) is 1. The second-order valence-corrected chi connectivity index (χ2v) is 7.03. The Labute approximate surface area is 172 Å². The topological polar surface area (TPSA) is 128 Å². The molecule has 3 rings (SSSR count). The van der Waals surface area contributed by atoms with Crippen LogP contribution in [0.25, 0.3) is 11.1 Å². The first-order valence-electron chi connectivity index (χ1n) is 8.95. The van der Waals surface area contributed by atoms with Crippen LogP contribution < -0.4 is 10.1 Å². The van der Waals surface area contributed by atoms with Gasteiger partial charge in [0.1, 0.15) is 30.2 Å². The summed E-state index contributed by atoms with van der Waals surface area (Å²) in [5.41, 5.74) is 2.01. The van der Waals surface area contributed by atoms with Crippen molar-refractivity contribution >= 4 is 17.5 Å². The lowest BCUT2D eigenvalue weighted by Crippen LogP contribution is -2.60. The lowest BCUT2D eigenvalue weighted by atomic mass is 9.99. The molecule has 9 heteroatoms. The number of aliphatic hydroxyl groups is 4. The third-order valence-electron chi connectivity index (χ3n) is 4.71. The molecule has 1 saturated heterocycles. The van der Waals surface area contributed by atoms with E-state index >= 15 is 0 Å². The van der Waals surface area contributed by atoms with Crippen LogP contribution in [0, 0.1) is 0 Å². The standard InChI is InChI=1S/C20H22ClNO7/c1-22-19(27)12-4-2-3-10(7-12)11-5-6-14(13(21)8-11)28-20-18(26)17(25)16(24)15(9-23)29-20/h2-8,15-18,20,23-26H,9H2,1H3,(H,22,27)/t15-,16-,17-,18-,20+/m1/s1. The van der Waals surface area contributed by atoms with Gasteiger partial charge < -0.3 is 35.2 Å². The molecule has 156 valence electrons. The fraction of sp³-hybridized carbons (Fsp3) is 0.350. The molecule has 0 aromatic heterocycles. The number of hydrogen-bond donors (Lipinski definition) is 5. The lowest BCUT2D eigenvalue weighted by Gasteiger charge is -2.39. The minimum Gasteiger partial charge on any atom is -0.460 e. The summed E-state index contributed by atoms with van der Waals surface area (Å²) in [7, 11) is 1.55. The molecule has 5 N–H and O–H groups in total. The molecule has 29 heavy (non-hydrogen) atoms. The Balaban J connectivity index is 1.81. The average Bonchev–Trinajstić information content (AvgIpc) is 2.74. The second kappa shape index (κ2) is 9.08. The molecule has 0 aliphatic carbocycles. The molecule has 0 saturated carbocycles. The zero-order valence-corrected chi connectivity index (χ0v) is 16.3. The summed E-state index contributed by atoms with van der Waals surface area (Å²) in [5.74, 6) is -0.0253. The molecule has 2 aromatic rings. The Morgan fingerprint density at radius 2 is 1.83 bits per heavy atom. The number of benzene rings is 2. The summed E-state index contributed by atoms with van der Waals surface area (Å²) >= 11 is 6.31. The van der Waals surface area contributed by atoms with Crippen molar-refractivity contribution in [3.05, 3.63) is 53.1 Å². The maximum Gasteiger partial charge on any atom is 0.251 e. The second-order valence-electron chi connectivity index (χ2n) is 6.62. The van der Waals surface area contributed by atoms with Crippen molar-refractivity contribution in [1.29, 1.82) is 0 Å². The van der Waals surface area contributed by atoms with Crippen molar-refractivity contribution in [2.24, 2.45) is 0 Å². The smallest absolute Gasteiger partial charge is 0.251 e. The van der Waals surface area contributed by atoms with E-state index in [0.717, 1.165) is 11.1 Å². The van der Waals surface area contributed by atoms with E-state index in [-0.39, 0.29) is 16.7 Å². The molecule has 1 fully saturated rings. The fourth-order valence-electron chi connectivity index (χ4n) is 3.05. The van der Waals surface area contributed by atoms with Crippen molar-refractivity contribution in [2.75, 3.05) is 13.7 Å². The maximum absolute atomic E-state index is 11.8. The Morgan fingerprint density at radius 1 is 1.10 bits per heavy atom. The number of rotatable bonds is 5. The summed E-state index contributed by atoms with van der Waals surface area (Å²) in [6.45, 7) is -0.556. The monoisotopic (exact) mass is 423 g/mol. The van der Waals surface area contributed by atoms with E-state index < -0.39 is 37.3 Å². The van der Waals surface area contributed by atoms with Crippen LogP contribution in [-0.2, 0) is 4.74 Å². The van der Waals surface area contributed by atoms with Crippen LogP contribution in [0.15, 0.2) is 42.5 Å². The summed E-state index contributed by atoms with van der Waals surface area (Å²) in [6, 6.07) is 11.9. The summed E-state index contributed by atoms with van der Waals surface area (Å²) in [5, 5.41) is 41.8. The van der Waals surface area contributed by atoms with Gasteiger partial charge in [-0.25, -0.2) is 0 Å². The van der Waals surface area contributed by atoms with E-state index in [0.29, 0.717) is 5.56 Å². The van der Waals surface area contributed by atoms with Crippen LogP contribution >= 0.6 is 11.6 Å². The fourth-order valence-corrected chi connectivity index (χ4v) is 3.28. The van der Waals surface area contributed by atoms with Crippen molar-refractivity contribution in [2.45, 2.75) is 30.7 Å². The predicted molar refractivity (Wildman–Crippen MR) is 105 cm³/mol. The normalized spacial score (nSPS) is 26.8. The van der Waals surface area contributed by atoms with Crippen LogP contribution in [-0.4, -0.2) is 70.7 Å². The van der Waals surface area contributed by atoms with E-state index in [1.54, 1.807) is 43.4 Å². The molecule has 1 aliphatic rings. The number of ether oxygens (including phenoxy) is 2. The van der Waals surface area contributed by atoms with Crippen LogP contribution in [0.4, 0.5) is 0 Å². The first-order chi connectivity index (χ1) is 13.8. The third-order valence-corrected chi connectivity index (χ3v) is 5.00. The molecule has 2 aromatic carbocycles. The highest BCUT2D eigenvalue weighted by atomic mass is 35.5. The quantitative estimate of drug-likeness (QED) is 0.475. The average molecular weight is 424 g/mol. The van der Waals surface area contributed by atoms with Gasteiger partial charge >= 0.3 is 0 Å². The van der Waals surface area contributed by atoms with Crippen LogP contribution in [0.5, 0.6) is 5.75 Å². The van der Waals surface area contributed by atoms with E-state index in [2.05, 4.69) is 5.32 Å². The van der Waals surface area contributed by atoms with Crippen LogP contribution in [0.1, 0.15) is 10.4 Å². The lowest BCUT2D eigenvalue weighted by molar-refractivity contribution is -0.277. The van der Waals surface area contributed by atoms with Gasteiger partial charge in [0, 0.05) is 12.6 Å². The Bertz CT molecular complexity index is 876. The van der Waals surface area contributed by atoms with Crippen molar-refractivity contribution in [3.8, 4) is 16.9 Å². The summed E-state index contributed by atoms with van der Waals surface area (Å²) < 4.78 is 10.9. The minimum atomic E-state index is -1.54. The third kappa shape index (κ3) is 4.53. The van der Waals surface area contributed by atoms with Gasteiger partial charge in [0.2, 0.25) is 6.29 Å². The Kier molecular flexibility index (Phi) is 6.74. The molecule has 8 nitrogen and oxygen atoms in total. The molecule has 1 amide bonds. The number of carbonyl (C=O) groups excluding carboxylic acids is 1. The van der Waals surface area contributed by atoms with Gasteiger partial charge in [-0.3, -0.25) is 4.79 Å². The molecular weight excluding hydrogens is 402 g/mol. The molecule has 1 aliphatic heterocycles.